The van der Waals surface area contributed by atoms with Crippen molar-refractivity contribution in [2.24, 2.45) is 16.0 Å². The van der Waals surface area contributed by atoms with Gasteiger partial charge in [0, 0.05) is 11.8 Å². The largest absolute Gasteiger partial charge is 0.364 e. The summed E-state index contributed by atoms with van der Waals surface area (Å²) in [6.07, 6.45) is 7.12. The average Bonchev–Trinajstić information content (AvgIpc) is 3.40. The van der Waals surface area contributed by atoms with Crippen LogP contribution in [-0.2, 0) is 0 Å². The first-order valence-electron chi connectivity index (χ1n) is 9.94. The van der Waals surface area contributed by atoms with Crippen LogP contribution in [0.5, 0.6) is 0 Å². The first-order valence-corrected chi connectivity index (χ1v) is 10.7. The molecule has 8 nitrogen and oxygen atoms in total. The van der Waals surface area contributed by atoms with Crippen LogP contribution in [0.2, 0.25) is 10.0 Å². The number of hydrogen-bond acceptors (Lipinski definition) is 6. The van der Waals surface area contributed by atoms with Gasteiger partial charge in [-0.2, -0.15) is 5.10 Å². The molecular formula is C23H17Cl2N7O. The number of fused-ring (bicyclic) bond motifs is 1. The lowest BCUT2D eigenvalue weighted by molar-refractivity contribution is 0.0996. The van der Waals surface area contributed by atoms with Crippen LogP contribution in [0.1, 0.15) is 21.6 Å². The van der Waals surface area contributed by atoms with Crippen LogP contribution in [0.25, 0.3) is 11.4 Å². The molecule has 5 rings (SSSR count). The zero-order valence-electron chi connectivity index (χ0n) is 17.3. The van der Waals surface area contributed by atoms with Gasteiger partial charge in [0.1, 0.15) is 11.4 Å². The lowest BCUT2D eigenvalue weighted by Gasteiger charge is -2.15. The second-order valence-electron chi connectivity index (χ2n) is 7.40. The molecule has 0 fully saturated rings. The van der Waals surface area contributed by atoms with E-state index in [0.29, 0.717) is 27.1 Å². The molecule has 0 spiro atoms. The van der Waals surface area contributed by atoms with Crippen molar-refractivity contribution in [2.45, 2.75) is 6.92 Å². The highest BCUT2D eigenvalue weighted by Crippen LogP contribution is 2.39. The van der Waals surface area contributed by atoms with Crippen molar-refractivity contribution < 1.29 is 4.79 Å². The zero-order valence-corrected chi connectivity index (χ0v) is 18.8. The van der Waals surface area contributed by atoms with Crippen LogP contribution in [-0.4, -0.2) is 15.7 Å². The Morgan fingerprint density at radius 3 is 2.55 bits per heavy atom. The van der Waals surface area contributed by atoms with E-state index in [1.807, 2.05) is 37.3 Å². The maximum Gasteiger partial charge on any atom is 0.271 e. The first kappa shape index (κ1) is 21.0. The van der Waals surface area contributed by atoms with Crippen LogP contribution in [0.4, 0.5) is 11.4 Å². The Hall–Kier alpha value is -3.88. The van der Waals surface area contributed by atoms with E-state index in [2.05, 4.69) is 26.0 Å². The minimum Gasteiger partial charge on any atom is -0.364 e. The Morgan fingerprint density at radius 1 is 1.09 bits per heavy atom. The van der Waals surface area contributed by atoms with Gasteiger partial charge in [-0.05, 0) is 42.8 Å². The summed E-state index contributed by atoms with van der Waals surface area (Å²) in [4.78, 5) is 12.0. The highest BCUT2D eigenvalue weighted by atomic mass is 35.5. The highest BCUT2D eigenvalue weighted by Gasteiger charge is 2.21. The molecule has 2 aliphatic heterocycles. The number of rotatable bonds is 4. The molecule has 10 heteroatoms. The van der Waals surface area contributed by atoms with Crippen molar-refractivity contribution in [2.75, 3.05) is 5.32 Å². The van der Waals surface area contributed by atoms with Crippen LogP contribution in [0.3, 0.4) is 0 Å². The fourth-order valence-electron chi connectivity index (χ4n) is 3.66. The molecular weight excluding hydrogens is 461 g/mol. The normalized spacial score (nSPS) is 16.4. The Balaban J connectivity index is 1.44. The maximum absolute atomic E-state index is 12.0. The van der Waals surface area contributed by atoms with Crippen molar-refractivity contribution >= 4 is 46.2 Å². The number of benzene rings is 2. The van der Waals surface area contributed by atoms with Gasteiger partial charge in [0.2, 0.25) is 0 Å². The van der Waals surface area contributed by atoms with Crippen LogP contribution < -0.4 is 16.4 Å². The van der Waals surface area contributed by atoms with E-state index in [-0.39, 0.29) is 5.69 Å². The van der Waals surface area contributed by atoms with Gasteiger partial charge < -0.3 is 16.4 Å². The third-order valence-corrected chi connectivity index (χ3v) is 5.82. The van der Waals surface area contributed by atoms with Crippen LogP contribution >= 0.6 is 23.2 Å². The number of nitrogens with zero attached hydrogens (tertiary/aromatic N) is 4. The topological polar surface area (TPSA) is 110 Å². The molecule has 164 valence electrons. The van der Waals surface area contributed by atoms with Crippen molar-refractivity contribution in [3.05, 3.63) is 99.2 Å². The molecule has 4 N–H and O–H groups in total. The molecule has 1 aromatic heterocycles. The molecule has 0 saturated carbocycles. The molecule has 2 aromatic carbocycles. The van der Waals surface area contributed by atoms with Gasteiger partial charge in [-0.15, -0.1) is 10.2 Å². The summed E-state index contributed by atoms with van der Waals surface area (Å²) in [5, 5.41) is 20.0. The monoisotopic (exact) mass is 477 g/mol. The fourth-order valence-corrected chi connectivity index (χ4v) is 4.23. The van der Waals surface area contributed by atoms with E-state index in [4.69, 9.17) is 28.9 Å². The summed E-state index contributed by atoms with van der Waals surface area (Å²) in [5.74, 6) is -0.686. The number of dihydropyridines is 1. The van der Waals surface area contributed by atoms with Crippen molar-refractivity contribution in [3.8, 4) is 5.69 Å². The molecule has 33 heavy (non-hydrogen) atoms. The molecule has 3 aromatic rings. The minimum absolute atomic E-state index is 0.0542. The third kappa shape index (κ3) is 3.79. The predicted molar refractivity (Wildman–Crippen MR) is 129 cm³/mol. The molecule has 3 heterocycles. The number of amides is 1. The average molecular weight is 478 g/mol. The van der Waals surface area contributed by atoms with Crippen molar-refractivity contribution in [1.82, 2.24) is 15.1 Å². The SMILES string of the molecule is Cc1cccc2c1C(=C1C=CC(Nc3cn(-c4c(Cl)cccc4Cl)nc3C(N)=O)=CN1)N=N2. The summed E-state index contributed by atoms with van der Waals surface area (Å²) in [5.41, 5.74) is 11.7. The number of primary amides is 1. The number of aromatic nitrogens is 2. The number of anilines is 1. The molecule has 0 unspecified atom stereocenters. The number of azo groups is 1. The number of allylic oxidation sites excluding steroid dienone is 2. The summed E-state index contributed by atoms with van der Waals surface area (Å²) >= 11 is 12.6. The van der Waals surface area contributed by atoms with Gasteiger partial charge in [-0.1, -0.05) is 41.4 Å². The number of aryl methyl sites for hydroxylation is 1. The zero-order chi connectivity index (χ0) is 23.1. The van der Waals surface area contributed by atoms with E-state index in [1.165, 1.54) is 4.68 Å². The Bertz CT molecular complexity index is 1410. The molecule has 0 bridgehead atoms. The minimum atomic E-state index is -0.686. The molecule has 0 atom stereocenters. The van der Waals surface area contributed by atoms with Crippen molar-refractivity contribution in [1.29, 1.82) is 0 Å². The van der Waals surface area contributed by atoms with Gasteiger partial charge in [-0.25, -0.2) is 4.68 Å². The number of para-hydroxylation sites is 1. The fraction of sp³-hybridized carbons (Fsp3) is 0.0435. The molecule has 2 aliphatic rings. The van der Waals surface area contributed by atoms with Crippen LogP contribution in [0, 0.1) is 6.92 Å². The Kier molecular flexibility index (Phi) is 5.24. The molecule has 0 saturated heterocycles. The Labute approximate surface area is 199 Å². The standard InChI is InChI=1S/C23H17Cl2N7O/c1-12-4-2-7-16-19(12)20(30-29-16)17-9-8-13(10-27-17)28-18-11-32(31-21(18)23(26)33)22-14(24)5-3-6-15(22)25/h2-11,27-28H,1H3,(H2,26,33). The quantitative estimate of drug-likeness (QED) is 0.462. The summed E-state index contributed by atoms with van der Waals surface area (Å²) < 4.78 is 1.43. The molecule has 0 aliphatic carbocycles. The van der Waals surface area contributed by atoms with Gasteiger partial charge in [0.15, 0.2) is 5.69 Å². The third-order valence-electron chi connectivity index (χ3n) is 5.21. The number of hydrogen-bond donors (Lipinski definition) is 3. The summed E-state index contributed by atoms with van der Waals surface area (Å²) in [7, 11) is 0. The molecule has 0 radical (unpaired) electrons. The maximum atomic E-state index is 12.0. The van der Waals surface area contributed by atoms with Gasteiger partial charge in [-0.3, -0.25) is 4.79 Å². The molecule has 1 amide bonds. The number of halogens is 2. The van der Waals surface area contributed by atoms with Gasteiger partial charge in [0.25, 0.3) is 5.91 Å². The van der Waals surface area contributed by atoms with Gasteiger partial charge >= 0.3 is 0 Å². The second kappa shape index (κ2) is 8.23. The number of nitrogens with two attached hydrogens (primary N) is 1. The van der Waals surface area contributed by atoms with Crippen molar-refractivity contribution in [3.63, 3.8) is 0 Å². The van der Waals surface area contributed by atoms with E-state index in [1.54, 1.807) is 30.6 Å². The number of carbonyl (C=O) groups excluding carboxylic acids is 1. The summed E-state index contributed by atoms with van der Waals surface area (Å²) in [6.45, 7) is 2.03. The number of nitrogens with one attached hydrogen (secondary N) is 2. The first-order chi connectivity index (χ1) is 15.9. The van der Waals surface area contributed by atoms with E-state index < -0.39 is 5.91 Å². The second-order valence-corrected chi connectivity index (χ2v) is 8.22. The highest BCUT2D eigenvalue weighted by molar-refractivity contribution is 6.37. The van der Waals surface area contributed by atoms with E-state index in [0.717, 1.165) is 28.2 Å². The van der Waals surface area contributed by atoms with Crippen LogP contribution in [0.15, 0.2) is 82.6 Å². The van der Waals surface area contributed by atoms with E-state index >= 15 is 0 Å². The van der Waals surface area contributed by atoms with Gasteiger partial charge in [0.05, 0.1) is 39.0 Å². The Morgan fingerprint density at radius 2 is 1.85 bits per heavy atom. The predicted octanol–water partition coefficient (Wildman–Crippen LogP) is 5.47. The lowest BCUT2D eigenvalue weighted by Crippen LogP contribution is -2.16. The number of carbonyl (C=O) groups is 1. The smallest absolute Gasteiger partial charge is 0.271 e. The van der Waals surface area contributed by atoms with E-state index in [9.17, 15) is 4.79 Å². The lowest BCUT2D eigenvalue weighted by atomic mass is 10.0. The summed E-state index contributed by atoms with van der Waals surface area (Å²) in [6, 6.07) is 11.0.